The van der Waals surface area contributed by atoms with Crippen molar-refractivity contribution in [3.05, 3.63) is 162 Å². The van der Waals surface area contributed by atoms with Crippen LogP contribution in [0.5, 0.6) is 0 Å². The molecule has 204 valence electrons. The zero-order valence-electron chi connectivity index (χ0n) is 23.9. The number of hydrogen-bond acceptors (Lipinski definition) is 1. The Balaban J connectivity index is 1.33. The molecule has 42 heavy (non-hydrogen) atoms. The third-order valence-corrected chi connectivity index (χ3v) is 11.6. The van der Waals surface area contributed by atoms with Crippen molar-refractivity contribution in [2.75, 3.05) is 0 Å². The van der Waals surface area contributed by atoms with E-state index in [0.29, 0.717) is 0 Å². The molecule has 3 heterocycles. The van der Waals surface area contributed by atoms with Crippen molar-refractivity contribution >= 4 is 23.1 Å². The molecule has 2 aromatic heterocycles. The lowest BCUT2D eigenvalue weighted by atomic mass is 10.0. The Hall–Kier alpha value is -4.59. The number of aromatic nitrogens is 2. The lowest BCUT2D eigenvalue weighted by Crippen LogP contribution is -2.38. The molecular weight excluding hydrogens is 531 g/mol. The van der Waals surface area contributed by atoms with Gasteiger partial charge in [0.2, 0.25) is 0 Å². The van der Waals surface area contributed by atoms with Crippen LogP contribution in [0.1, 0.15) is 22.3 Å². The summed E-state index contributed by atoms with van der Waals surface area (Å²) in [5, 5.41) is 2.79. The molecule has 0 spiro atoms. The Morgan fingerprint density at radius 3 is 1.86 bits per heavy atom. The molecule has 0 fully saturated rings. The van der Waals surface area contributed by atoms with Gasteiger partial charge in [-0.2, -0.15) is 4.57 Å². The van der Waals surface area contributed by atoms with Crippen molar-refractivity contribution in [3.63, 3.8) is 0 Å². The van der Waals surface area contributed by atoms with E-state index in [-0.39, 0.29) is 0 Å². The number of benzene rings is 4. The van der Waals surface area contributed by atoms with Crippen LogP contribution >= 0.6 is 7.14 Å². The molecule has 0 saturated heterocycles. The van der Waals surface area contributed by atoms with E-state index in [0.717, 1.165) is 62.4 Å². The monoisotopic (exact) mass is 564 g/mol. The van der Waals surface area contributed by atoms with Crippen molar-refractivity contribution < 1.29 is 13.7 Å². The van der Waals surface area contributed by atoms with Crippen LogP contribution in [0.4, 0.5) is 0 Å². The van der Waals surface area contributed by atoms with Crippen LogP contribution in [0.2, 0.25) is 0 Å². The van der Waals surface area contributed by atoms with E-state index in [9.17, 15) is 0 Å². The fourth-order valence-corrected chi connectivity index (χ4v) is 9.53. The maximum absolute atomic E-state index is 15.7. The van der Waals surface area contributed by atoms with Crippen LogP contribution in [0.3, 0.4) is 0 Å². The molecule has 4 aromatic carbocycles. The van der Waals surface area contributed by atoms with E-state index < -0.39 is 7.14 Å². The second-order valence-corrected chi connectivity index (χ2v) is 13.9. The van der Waals surface area contributed by atoms with E-state index in [1.54, 1.807) is 0 Å². The fraction of sp³-hybridized carbons (Fsp3) is 0.105. The number of hydrogen-bond donors (Lipinski definition) is 0. The highest BCUT2D eigenvalue weighted by atomic mass is 31.2. The molecule has 0 N–H and O–H groups in total. The lowest BCUT2D eigenvalue weighted by molar-refractivity contribution is -0.688. The van der Waals surface area contributed by atoms with Gasteiger partial charge in [-0.25, -0.2) is 4.57 Å². The Labute approximate surface area is 247 Å². The highest BCUT2D eigenvalue weighted by molar-refractivity contribution is 7.86. The van der Waals surface area contributed by atoms with Gasteiger partial charge in [-0.3, -0.25) is 0 Å². The minimum Gasteiger partial charge on any atom is -0.308 e. The molecule has 0 saturated carbocycles. The van der Waals surface area contributed by atoms with E-state index in [2.05, 4.69) is 151 Å². The zero-order valence-corrected chi connectivity index (χ0v) is 24.8. The van der Waals surface area contributed by atoms with Gasteiger partial charge >= 0.3 is 0 Å². The summed E-state index contributed by atoms with van der Waals surface area (Å²) in [5.74, 6) is 0. The first-order valence-corrected chi connectivity index (χ1v) is 16.1. The molecule has 1 aliphatic rings. The van der Waals surface area contributed by atoms with Gasteiger partial charge in [0.05, 0.1) is 5.30 Å². The van der Waals surface area contributed by atoms with Gasteiger partial charge in [-0.15, -0.1) is 0 Å². The quantitative estimate of drug-likeness (QED) is 0.173. The Morgan fingerprint density at radius 2 is 1.17 bits per heavy atom. The van der Waals surface area contributed by atoms with Crippen LogP contribution in [0, 0.1) is 13.8 Å². The van der Waals surface area contributed by atoms with Crippen LogP contribution in [-0.4, -0.2) is 0 Å². The number of fused-ring (bicyclic) bond motifs is 3. The summed E-state index contributed by atoms with van der Waals surface area (Å²) in [7, 11) is -3.13. The average Bonchev–Trinajstić information content (AvgIpc) is 3.27. The molecule has 0 aliphatic carbocycles. The minimum atomic E-state index is -3.13. The smallest absolute Gasteiger partial charge is 0.181 e. The summed E-state index contributed by atoms with van der Waals surface area (Å²) in [6.45, 7) is 5.72. The summed E-state index contributed by atoms with van der Waals surface area (Å²) in [4.78, 5) is 0. The van der Waals surface area contributed by atoms with E-state index >= 15 is 4.57 Å². The van der Waals surface area contributed by atoms with Gasteiger partial charge in [-0.05, 0) is 48.2 Å². The molecule has 0 bridgehead atoms. The topological polar surface area (TPSA) is 24.8 Å². The van der Waals surface area contributed by atoms with Crippen molar-refractivity contribution in [3.8, 4) is 22.3 Å². The Morgan fingerprint density at radius 1 is 0.548 bits per heavy atom. The van der Waals surface area contributed by atoms with Crippen molar-refractivity contribution in [2.45, 2.75) is 26.9 Å². The van der Waals surface area contributed by atoms with Crippen LogP contribution in [-0.2, 0) is 17.7 Å². The van der Waals surface area contributed by atoms with Gasteiger partial charge in [0.1, 0.15) is 0 Å². The van der Waals surface area contributed by atoms with Gasteiger partial charge < -0.3 is 4.57 Å². The predicted octanol–water partition coefficient (Wildman–Crippen LogP) is 6.26. The van der Waals surface area contributed by atoms with Crippen molar-refractivity contribution in [2.24, 2.45) is 0 Å². The molecule has 7 rings (SSSR count). The molecule has 0 amide bonds. The lowest BCUT2D eigenvalue weighted by Gasteiger charge is -2.18. The molecule has 3 nitrogen and oxygen atoms in total. The maximum Gasteiger partial charge on any atom is 0.181 e. The number of nitrogens with zero attached hydrogens (tertiary/aromatic N) is 2. The van der Waals surface area contributed by atoms with Crippen molar-refractivity contribution in [1.29, 1.82) is 0 Å². The molecule has 4 heteroatoms. The molecule has 1 unspecified atom stereocenters. The molecule has 1 atom stereocenters. The van der Waals surface area contributed by atoms with Gasteiger partial charge in [0, 0.05) is 45.5 Å². The first kappa shape index (κ1) is 26.3. The standard InChI is InChI=1S/C38H33N2OP/c1-28-13-14-29(2)36(23-28)42(41)37-24-33(32-17-20-39(21-18-32)25-30-9-5-3-6-10-30)15-16-34(37)35-19-22-40(27-38(35)42)26-31-11-7-4-8-12-31/h3-24,27H,25-26H2,1-2H3/q+2. The van der Waals surface area contributed by atoms with Gasteiger partial charge in [-0.1, -0.05) is 90.5 Å². The van der Waals surface area contributed by atoms with Crippen LogP contribution < -0.4 is 25.0 Å². The largest absolute Gasteiger partial charge is 0.308 e. The van der Waals surface area contributed by atoms with Crippen LogP contribution in [0.25, 0.3) is 22.3 Å². The third kappa shape index (κ3) is 4.70. The summed E-state index contributed by atoms with van der Waals surface area (Å²) < 4.78 is 20.0. The molecular formula is C38H33N2OP+2. The second-order valence-electron chi connectivity index (χ2n) is 11.3. The first-order chi connectivity index (χ1) is 20.5. The van der Waals surface area contributed by atoms with Crippen molar-refractivity contribution in [1.82, 2.24) is 0 Å². The van der Waals surface area contributed by atoms with Gasteiger partial charge in [0.15, 0.2) is 45.0 Å². The second kappa shape index (κ2) is 10.7. The number of pyridine rings is 2. The molecule has 0 radical (unpaired) electrons. The Bertz CT molecular complexity index is 1970. The van der Waals surface area contributed by atoms with Crippen LogP contribution in [0.15, 0.2) is 140 Å². The predicted molar refractivity (Wildman–Crippen MR) is 171 cm³/mol. The highest BCUT2D eigenvalue weighted by Gasteiger charge is 2.43. The summed E-state index contributed by atoms with van der Waals surface area (Å²) in [6, 6.07) is 40.2. The van der Waals surface area contributed by atoms with E-state index in [4.69, 9.17) is 0 Å². The number of aryl methyl sites for hydroxylation is 2. The van der Waals surface area contributed by atoms with E-state index in [1.165, 1.54) is 11.1 Å². The first-order valence-electron chi connectivity index (χ1n) is 14.4. The van der Waals surface area contributed by atoms with Gasteiger partial charge in [0.25, 0.3) is 0 Å². The van der Waals surface area contributed by atoms with E-state index in [1.807, 2.05) is 12.1 Å². The fourth-order valence-electron chi connectivity index (χ4n) is 6.09. The maximum atomic E-state index is 15.7. The summed E-state index contributed by atoms with van der Waals surface area (Å²) in [5.41, 5.74) is 9.00. The third-order valence-electron chi connectivity index (χ3n) is 8.31. The zero-order chi connectivity index (χ0) is 28.7. The average molecular weight is 565 g/mol. The Kier molecular flexibility index (Phi) is 6.69. The minimum absolute atomic E-state index is 0.732. The summed E-state index contributed by atoms with van der Waals surface area (Å²) in [6.07, 6.45) is 8.49. The highest BCUT2D eigenvalue weighted by Crippen LogP contribution is 2.53. The summed E-state index contributed by atoms with van der Waals surface area (Å²) >= 11 is 0. The number of rotatable bonds is 6. The normalized spacial score (nSPS) is 15.3. The molecule has 6 aromatic rings. The molecule has 1 aliphatic heterocycles. The SMILES string of the molecule is Cc1ccc(C)c(P2(=O)c3cc(-c4cc[n+](Cc5ccccc5)cc4)ccc3-c3cc[n+](Cc4ccccc4)cc32)c1.